The molecular formula is C25H31FN4O2. The van der Waals surface area contributed by atoms with Gasteiger partial charge in [-0.05, 0) is 54.5 Å². The first-order chi connectivity index (χ1) is 15.7. The van der Waals surface area contributed by atoms with E-state index in [4.69, 9.17) is 4.74 Å². The molecule has 6 nitrogen and oxygen atoms in total. The second kappa shape index (κ2) is 9.55. The van der Waals surface area contributed by atoms with E-state index < -0.39 is 6.17 Å². The van der Waals surface area contributed by atoms with Gasteiger partial charge < -0.3 is 15.0 Å². The first-order valence-corrected chi connectivity index (χ1v) is 11.7. The Kier molecular flexibility index (Phi) is 6.37. The van der Waals surface area contributed by atoms with E-state index in [1.807, 2.05) is 4.90 Å². The summed E-state index contributed by atoms with van der Waals surface area (Å²) in [5, 5.41) is 3.01. The third kappa shape index (κ3) is 4.79. The summed E-state index contributed by atoms with van der Waals surface area (Å²) in [7, 11) is 0. The smallest absolute Gasteiger partial charge is 0.253 e. The van der Waals surface area contributed by atoms with E-state index in [-0.39, 0.29) is 5.91 Å². The Bertz CT molecular complexity index is 945. The summed E-state index contributed by atoms with van der Waals surface area (Å²) in [4.78, 5) is 21.4. The summed E-state index contributed by atoms with van der Waals surface area (Å²) in [6.45, 7) is 5.43. The zero-order chi connectivity index (χ0) is 21.9. The number of ether oxygens (including phenoxy) is 1. The van der Waals surface area contributed by atoms with Crippen LogP contribution in [0.2, 0.25) is 0 Å². The molecule has 2 unspecified atom stereocenters. The molecule has 1 aromatic heterocycles. The number of nitrogens with zero attached hydrogens (tertiary/aromatic N) is 3. The lowest BCUT2D eigenvalue weighted by molar-refractivity contribution is 0.0950. The van der Waals surface area contributed by atoms with Crippen LogP contribution in [0.4, 0.5) is 10.2 Å². The van der Waals surface area contributed by atoms with Crippen LogP contribution >= 0.6 is 0 Å². The number of pyridine rings is 1. The van der Waals surface area contributed by atoms with Crippen LogP contribution < -0.4 is 10.2 Å². The Morgan fingerprint density at radius 1 is 1.12 bits per heavy atom. The number of alkyl halides is 1. The van der Waals surface area contributed by atoms with Gasteiger partial charge in [-0.15, -0.1) is 0 Å². The Balaban J connectivity index is 1.16. The van der Waals surface area contributed by atoms with Crippen molar-refractivity contribution in [2.75, 3.05) is 44.3 Å². The van der Waals surface area contributed by atoms with E-state index in [0.29, 0.717) is 37.7 Å². The molecule has 3 aliphatic heterocycles. The molecule has 0 bridgehead atoms. The number of rotatable bonds is 5. The van der Waals surface area contributed by atoms with Crippen molar-refractivity contribution in [2.24, 2.45) is 0 Å². The molecule has 0 aliphatic carbocycles. The van der Waals surface area contributed by atoms with Crippen LogP contribution in [0, 0.1) is 0 Å². The van der Waals surface area contributed by atoms with Crippen LogP contribution in [0.15, 0.2) is 36.5 Å². The zero-order valence-electron chi connectivity index (χ0n) is 18.4. The van der Waals surface area contributed by atoms with Crippen molar-refractivity contribution in [2.45, 2.75) is 44.4 Å². The lowest BCUT2D eigenvalue weighted by Crippen LogP contribution is -2.37. The molecule has 5 rings (SSSR count). The molecule has 170 valence electrons. The van der Waals surface area contributed by atoms with Crippen molar-refractivity contribution in [1.29, 1.82) is 0 Å². The minimum atomic E-state index is -0.791. The molecule has 1 aromatic carbocycles. The average molecular weight is 439 g/mol. The topological polar surface area (TPSA) is 57.7 Å². The molecule has 32 heavy (non-hydrogen) atoms. The highest BCUT2D eigenvalue weighted by Crippen LogP contribution is 2.22. The van der Waals surface area contributed by atoms with Crippen LogP contribution in [0.1, 0.15) is 39.9 Å². The number of fused-ring (bicyclic) bond motifs is 1. The van der Waals surface area contributed by atoms with Crippen LogP contribution in [0.5, 0.6) is 0 Å². The number of halogens is 1. The molecule has 2 atom stereocenters. The number of carbonyl (C=O) groups excluding carboxylic acids is 1. The fraction of sp³-hybridized carbons (Fsp3) is 0.520. The molecular weight excluding hydrogens is 407 g/mol. The summed E-state index contributed by atoms with van der Waals surface area (Å²) >= 11 is 0. The molecule has 0 saturated carbocycles. The molecule has 2 aromatic rings. The van der Waals surface area contributed by atoms with Gasteiger partial charge in [0, 0.05) is 45.0 Å². The summed E-state index contributed by atoms with van der Waals surface area (Å²) in [5.41, 5.74) is 4.44. The molecule has 4 heterocycles. The second-order valence-corrected chi connectivity index (χ2v) is 9.08. The van der Waals surface area contributed by atoms with Crippen molar-refractivity contribution >= 4 is 11.7 Å². The maximum atomic E-state index is 13.4. The lowest BCUT2D eigenvalue weighted by Gasteiger charge is -2.25. The van der Waals surface area contributed by atoms with E-state index in [9.17, 15) is 9.18 Å². The van der Waals surface area contributed by atoms with Crippen molar-refractivity contribution in [1.82, 2.24) is 15.2 Å². The highest BCUT2D eigenvalue weighted by molar-refractivity contribution is 5.94. The van der Waals surface area contributed by atoms with Crippen LogP contribution in [0.3, 0.4) is 0 Å². The van der Waals surface area contributed by atoms with Crippen molar-refractivity contribution in [3.8, 4) is 0 Å². The Morgan fingerprint density at radius 2 is 2.00 bits per heavy atom. The minimum absolute atomic E-state index is 0.142. The van der Waals surface area contributed by atoms with Gasteiger partial charge in [-0.2, -0.15) is 0 Å². The van der Waals surface area contributed by atoms with E-state index >= 15 is 0 Å². The number of carbonyl (C=O) groups is 1. The van der Waals surface area contributed by atoms with E-state index in [1.54, 1.807) is 18.3 Å². The summed E-state index contributed by atoms with van der Waals surface area (Å²) in [5.74, 6) is 0.585. The van der Waals surface area contributed by atoms with Gasteiger partial charge in [-0.1, -0.05) is 18.2 Å². The Hall–Kier alpha value is -2.51. The van der Waals surface area contributed by atoms with Crippen LogP contribution in [-0.2, 0) is 24.1 Å². The number of nitrogens with one attached hydrogen (secondary N) is 1. The SMILES string of the molecule is O=C(NCc1ccc2c(c1)CCN(C1CCOC1)CC2)c1ccc(N2CCC(F)C2)nc1. The van der Waals surface area contributed by atoms with E-state index in [1.165, 1.54) is 11.1 Å². The Labute approximate surface area is 188 Å². The number of hydrogen-bond donors (Lipinski definition) is 1. The number of aromatic nitrogens is 1. The summed E-state index contributed by atoms with van der Waals surface area (Å²) in [6, 6.07) is 10.7. The summed E-state index contributed by atoms with van der Waals surface area (Å²) < 4.78 is 19.0. The van der Waals surface area contributed by atoms with Crippen molar-refractivity contribution in [3.05, 3.63) is 58.8 Å². The van der Waals surface area contributed by atoms with E-state index in [2.05, 4.69) is 33.4 Å². The van der Waals surface area contributed by atoms with Gasteiger partial charge in [-0.3, -0.25) is 9.69 Å². The highest BCUT2D eigenvalue weighted by atomic mass is 19.1. The van der Waals surface area contributed by atoms with Gasteiger partial charge in [0.1, 0.15) is 12.0 Å². The molecule has 2 saturated heterocycles. The number of hydrogen-bond acceptors (Lipinski definition) is 5. The van der Waals surface area contributed by atoms with E-state index in [0.717, 1.165) is 56.9 Å². The predicted molar refractivity (Wildman–Crippen MR) is 122 cm³/mol. The van der Waals surface area contributed by atoms with Gasteiger partial charge in [0.05, 0.1) is 18.7 Å². The number of anilines is 1. The first kappa shape index (κ1) is 21.3. The molecule has 2 fully saturated rings. The number of benzene rings is 1. The van der Waals surface area contributed by atoms with Gasteiger partial charge in [-0.25, -0.2) is 9.37 Å². The molecule has 0 radical (unpaired) electrons. The van der Waals surface area contributed by atoms with Crippen molar-refractivity contribution < 1.29 is 13.9 Å². The maximum Gasteiger partial charge on any atom is 0.253 e. The second-order valence-electron chi connectivity index (χ2n) is 9.08. The van der Waals surface area contributed by atoms with Gasteiger partial charge >= 0.3 is 0 Å². The standard InChI is InChI=1S/C25H31FN4O2/c26-22-7-11-30(16-22)24-4-3-21(15-27-24)25(31)28-14-18-1-2-19-5-9-29(10-6-20(19)13-18)23-8-12-32-17-23/h1-4,13,15,22-23H,5-12,14,16-17H2,(H,28,31). The van der Waals surface area contributed by atoms with Gasteiger partial charge in [0.15, 0.2) is 0 Å². The van der Waals surface area contributed by atoms with Crippen LogP contribution in [0.25, 0.3) is 0 Å². The molecule has 1 N–H and O–H groups in total. The highest BCUT2D eigenvalue weighted by Gasteiger charge is 2.25. The third-order valence-electron chi connectivity index (χ3n) is 6.95. The Morgan fingerprint density at radius 3 is 2.72 bits per heavy atom. The average Bonchev–Trinajstić information content (AvgIpc) is 3.46. The largest absolute Gasteiger partial charge is 0.380 e. The fourth-order valence-corrected chi connectivity index (χ4v) is 5.00. The van der Waals surface area contributed by atoms with Crippen LogP contribution in [-0.4, -0.2) is 67.4 Å². The lowest BCUT2D eigenvalue weighted by atomic mass is 10.00. The van der Waals surface area contributed by atoms with Crippen molar-refractivity contribution in [3.63, 3.8) is 0 Å². The predicted octanol–water partition coefficient (Wildman–Crippen LogP) is 2.75. The molecule has 0 spiro atoms. The third-order valence-corrected chi connectivity index (χ3v) is 6.95. The fourth-order valence-electron chi connectivity index (χ4n) is 5.00. The molecule has 3 aliphatic rings. The van der Waals surface area contributed by atoms with Gasteiger partial charge in [0.25, 0.3) is 5.91 Å². The van der Waals surface area contributed by atoms with Gasteiger partial charge in [0.2, 0.25) is 0 Å². The number of amides is 1. The molecule has 1 amide bonds. The zero-order valence-corrected chi connectivity index (χ0v) is 18.4. The quantitative estimate of drug-likeness (QED) is 0.778. The minimum Gasteiger partial charge on any atom is -0.380 e. The first-order valence-electron chi connectivity index (χ1n) is 11.7. The normalized spacial score (nSPS) is 23.7. The summed E-state index contributed by atoms with van der Waals surface area (Å²) in [6.07, 6.45) is 4.57. The maximum absolute atomic E-state index is 13.4. The molecule has 7 heteroatoms. The monoisotopic (exact) mass is 438 g/mol.